The van der Waals surface area contributed by atoms with Crippen molar-refractivity contribution in [3.63, 3.8) is 0 Å². The predicted molar refractivity (Wildman–Crippen MR) is 56.6 cm³/mol. The number of hydrogen-bond acceptors (Lipinski definition) is 3. The summed E-state index contributed by atoms with van der Waals surface area (Å²) in [7, 11) is 1.87. The number of nitrogens with one attached hydrogen (secondary N) is 1. The third-order valence-corrected chi connectivity index (χ3v) is 2.12. The van der Waals surface area contributed by atoms with E-state index in [9.17, 15) is 0 Å². The summed E-state index contributed by atoms with van der Waals surface area (Å²) in [6.45, 7) is 3.46. The second-order valence-electron chi connectivity index (χ2n) is 3.06. The lowest BCUT2D eigenvalue weighted by molar-refractivity contribution is 0.108. The lowest BCUT2D eigenvalue weighted by Gasteiger charge is -2.13. The topological polar surface area (TPSA) is 34.4 Å². The second-order valence-corrected chi connectivity index (χ2v) is 3.43. The molecule has 0 bridgehead atoms. The molecular weight excluding hydrogens is 202 g/mol. The standard InChI is InChI=1S/C10H16ClNO2/c1-3-6-13-7-8(12-2)9-4-5-10(11)14-9/h4-5,8,12H,3,6-7H2,1-2H3. The van der Waals surface area contributed by atoms with Crippen LogP contribution < -0.4 is 5.32 Å². The molecule has 0 aromatic carbocycles. The lowest BCUT2D eigenvalue weighted by atomic mass is 10.2. The summed E-state index contributed by atoms with van der Waals surface area (Å²) in [5.74, 6) is 0.814. The molecule has 0 amide bonds. The largest absolute Gasteiger partial charge is 0.448 e. The normalized spacial score (nSPS) is 13.1. The van der Waals surface area contributed by atoms with Gasteiger partial charge in [0.1, 0.15) is 5.76 Å². The van der Waals surface area contributed by atoms with Gasteiger partial charge in [-0.15, -0.1) is 0 Å². The zero-order valence-corrected chi connectivity index (χ0v) is 9.30. The monoisotopic (exact) mass is 217 g/mol. The first-order valence-electron chi connectivity index (χ1n) is 4.78. The summed E-state index contributed by atoms with van der Waals surface area (Å²) < 4.78 is 10.7. The predicted octanol–water partition coefficient (Wildman–Crippen LogP) is 2.62. The Morgan fingerprint density at radius 2 is 2.36 bits per heavy atom. The first kappa shape index (κ1) is 11.6. The summed E-state index contributed by atoms with van der Waals surface area (Å²) in [4.78, 5) is 0. The summed E-state index contributed by atoms with van der Waals surface area (Å²) in [5.41, 5.74) is 0. The molecule has 3 nitrogen and oxygen atoms in total. The molecule has 14 heavy (non-hydrogen) atoms. The van der Waals surface area contributed by atoms with E-state index in [0.29, 0.717) is 11.8 Å². The van der Waals surface area contributed by atoms with Crippen molar-refractivity contribution in [2.24, 2.45) is 0 Å². The molecule has 4 heteroatoms. The van der Waals surface area contributed by atoms with Crippen LogP contribution in [0.1, 0.15) is 25.1 Å². The van der Waals surface area contributed by atoms with Crippen LogP contribution in [0.4, 0.5) is 0 Å². The molecule has 1 atom stereocenters. The average molecular weight is 218 g/mol. The van der Waals surface area contributed by atoms with Gasteiger partial charge in [-0.1, -0.05) is 6.92 Å². The highest BCUT2D eigenvalue weighted by molar-refractivity contribution is 6.28. The zero-order valence-electron chi connectivity index (χ0n) is 8.55. The van der Waals surface area contributed by atoms with Crippen molar-refractivity contribution in [2.75, 3.05) is 20.3 Å². The molecule has 1 aromatic rings. The van der Waals surface area contributed by atoms with Crippen molar-refractivity contribution in [1.82, 2.24) is 5.32 Å². The van der Waals surface area contributed by atoms with Gasteiger partial charge in [-0.05, 0) is 37.2 Å². The van der Waals surface area contributed by atoms with Crippen molar-refractivity contribution in [3.05, 3.63) is 23.1 Å². The highest BCUT2D eigenvalue weighted by Crippen LogP contribution is 2.19. The SMILES string of the molecule is CCCOCC(NC)c1ccc(Cl)o1. The Kier molecular flexibility index (Phi) is 5.01. The Morgan fingerprint density at radius 1 is 1.57 bits per heavy atom. The number of rotatable bonds is 6. The molecule has 0 aliphatic rings. The molecular formula is C10H16ClNO2. The Morgan fingerprint density at radius 3 is 2.86 bits per heavy atom. The number of likely N-dealkylation sites (N-methyl/N-ethyl adjacent to an activating group) is 1. The molecule has 1 unspecified atom stereocenters. The molecule has 1 aromatic heterocycles. The van der Waals surface area contributed by atoms with Crippen LogP contribution in [0.5, 0.6) is 0 Å². The molecule has 80 valence electrons. The number of furan rings is 1. The van der Waals surface area contributed by atoms with Gasteiger partial charge in [-0.25, -0.2) is 0 Å². The Balaban J connectivity index is 2.45. The Labute approximate surface area is 89.4 Å². The fourth-order valence-electron chi connectivity index (χ4n) is 1.17. The first-order valence-corrected chi connectivity index (χ1v) is 5.16. The second kappa shape index (κ2) is 6.06. The van der Waals surface area contributed by atoms with Gasteiger partial charge in [0.2, 0.25) is 0 Å². The van der Waals surface area contributed by atoms with E-state index in [2.05, 4.69) is 12.2 Å². The minimum atomic E-state index is 0.0778. The van der Waals surface area contributed by atoms with E-state index in [1.54, 1.807) is 6.07 Å². The zero-order chi connectivity index (χ0) is 10.4. The molecule has 0 radical (unpaired) electrons. The van der Waals surface area contributed by atoms with Crippen LogP contribution in [-0.2, 0) is 4.74 Å². The molecule has 0 aliphatic heterocycles. The fraction of sp³-hybridized carbons (Fsp3) is 0.600. The number of hydrogen-bond donors (Lipinski definition) is 1. The van der Waals surface area contributed by atoms with Crippen LogP contribution in [0, 0.1) is 0 Å². The quantitative estimate of drug-likeness (QED) is 0.744. The van der Waals surface area contributed by atoms with E-state index in [1.807, 2.05) is 13.1 Å². The maximum Gasteiger partial charge on any atom is 0.193 e. The molecule has 0 saturated carbocycles. The van der Waals surface area contributed by atoms with E-state index in [-0.39, 0.29) is 6.04 Å². The van der Waals surface area contributed by atoms with Crippen molar-refractivity contribution in [2.45, 2.75) is 19.4 Å². The summed E-state index contributed by atoms with van der Waals surface area (Å²) in [6, 6.07) is 3.67. The smallest absolute Gasteiger partial charge is 0.193 e. The summed E-state index contributed by atoms with van der Waals surface area (Å²) >= 11 is 5.69. The summed E-state index contributed by atoms with van der Waals surface area (Å²) in [5, 5.41) is 3.53. The maximum absolute atomic E-state index is 5.69. The van der Waals surface area contributed by atoms with Gasteiger partial charge in [0.15, 0.2) is 5.22 Å². The van der Waals surface area contributed by atoms with Crippen molar-refractivity contribution in [3.8, 4) is 0 Å². The average Bonchev–Trinajstić information content (AvgIpc) is 2.60. The molecule has 0 spiro atoms. The molecule has 0 fully saturated rings. The highest BCUT2D eigenvalue weighted by Gasteiger charge is 2.12. The van der Waals surface area contributed by atoms with Gasteiger partial charge >= 0.3 is 0 Å². The van der Waals surface area contributed by atoms with Gasteiger partial charge in [-0.3, -0.25) is 0 Å². The van der Waals surface area contributed by atoms with E-state index in [1.165, 1.54) is 0 Å². The minimum Gasteiger partial charge on any atom is -0.448 e. The molecule has 1 rings (SSSR count). The first-order chi connectivity index (χ1) is 6.77. The lowest BCUT2D eigenvalue weighted by Crippen LogP contribution is -2.21. The van der Waals surface area contributed by atoms with Gasteiger partial charge in [-0.2, -0.15) is 0 Å². The van der Waals surface area contributed by atoms with Gasteiger partial charge in [0, 0.05) is 6.61 Å². The van der Waals surface area contributed by atoms with Gasteiger partial charge in [0.25, 0.3) is 0 Å². The fourth-order valence-corrected chi connectivity index (χ4v) is 1.32. The molecule has 1 heterocycles. The van der Waals surface area contributed by atoms with E-state index < -0.39 is 0 Å². The van der Waals surface area contributed by atoms with Crippen LogP contribution in [0.2, 0.25) is 5.22 Å². The third-order valence-electron chi connectivity index (χ3n) is 1.92. The van der Waals surface area contributed by atoms with E-state index in [0.717, 1.165) is 18.8 Å². The van der Waals surface area contributed by atoms with Crippen molar-refractivity contribution >= 4 is 11.6 Å². The summed E-state index contributed by atoms with van der Waals surface area (Å²) in [6.07, 6.45) is 1.02. The van der Waals surface area contributed by atoms with Gasteiger partial charge < -0.3 is 14.5 Å². The minimum absolute atomic E-state index is 0.0778. The number of ether oxygens (including phenoxy) is 1. The van der Waals surface area contributed by atoms with Gasteiger partial charge in [0.05, 0.1) is 12.6 Å². The third kappa shape index (κ3) is 3.33. The number of halogens is 1. The maximum atomic E-state index is 5.69. The van der Waals surface area contributed by atoms with Crippen LogP contribution in [0.3, 0.4) is 0 Å². The van der Waals surface area contributed by atoms with Crippen molar-refractivity contribution in [1.29, 1.82) is 0 Å². The van der Waals surface area contributed by atoms with E-state index >= 15 is 0 Å². The Hall–Kier alpha value is -0.510. The van der Waals surface area contributed by atoms with Crippen LogP contribution in [0.15, 0.2) is 16.5 Å². The van der Waals surface area contributed by atoms with Crippen LogP contribution in [0.25, 0.3) is 0 Å². The van der Waals surface area contributed by atoms with Crippen LogP contribution >= 0.6 is 11.6 Å². The highest BCUT2D eigenvalue weighted by atomic mass is 35.5. The molecule has 1 N–H and O–H groups in total. The Bertz CT molecular complexity index is 262. The molecule has 0 saturated heterocycles. The van der Waals surface area contributed by atoms with Crippen LogP contribution in [-0.4, -0.2) is 20.3 Å². The molecule has 0 aliphatic carbocycles. The van der Waals surface area contributed by atoms with E-state index in [4.69, 9.17) is 20.8 Å². The van der Waals surface area contributed by atoms with Crippen molar-refractivity contribution < 1.29 is 9.15 Å².